The van der Waals surface area contributed by atoms with Crippen molar-refractivity contribution < 1.29 is 4.74 Å². The van der Waals surface area contributed by atoms with Crippen LogP contribution in [-0.2, 0) is 0 Å². The predicted molar refractivity (Wildman–Crippen MR) is 87.0 cm³/mol. The van der Waals surface area contributed by atoms with E-state index in [9.17, 15) is 0 Å². The van der Waals surface area contributed by atoms with Crippen LogP contribution in [-0.4, -0.2) is 7.11 Å². The number of nitriles is 1. The molecule has 2 nitrogen and oxygen atoms in total. The quantitative estimate of drug-likeness (QED) is 0.750. The molecule has 0 unspecified atom stereocenters. The smallest absolute Gasteiger partial charge is 0.134 e. The number of hydrogen-bond donors (Lipinski definition) is 0. The van der Waals surface area contributed by atoms with Crippen molar-refractivity contribution in [2.45, 2.75) is 0 Å². The van der Waals surface area contributed by atoms with Gasteiger partial charge in [0.25, 0.3) is 0 Å². The highest BCUT2D eigenvalue weighted by atomic mass is 16.5. The summed E-state index contributed by atoms with van der Waals surface area (Å²) in [6, 6.07) is 16.9. The third kappa shape index (κ3) is 4.04. The first-order valence-corrected chi connectivity index (χ1v) is 6.65. The van der Waals surface area contributed by atoms with Gasteiger partial charge >= 0.3 is 0 Å². The van der Waals surface area contributed by atoms with Crippen molar-refractivity contribution in [2.75, 3.05) is 7.11 Å². The lowest BCUT2D eigenvalue weighted by atomic mass is 10.1. The number of nitrogens with zero attached hydrogens (tertiary/aromatic N) is 1. The highest BCUT2D eigenvalue weighted by Crippen LogP contribution is 2.15. The fourth-order valence-electron chi connectivity index (χ4n) is 1.76. The van der Waals surface area contributed by atoms with E-state index in [1.165, 1.54) is 0 Å². The third-order valence-corrected chi connectivity index (χ3v) is 2.82. The van der Waals surface area contributed by atoms with Crippen molar-refractivity contribution in [3.63, 3.8) is 0 Å². The average Bonchev–Trinajstić information content (AvgIpc) is 2.58. The maximum absolute atomic E-state index is 8.96. The van der Waals surface area contributed by atoms with Gasteiger partial charge < -0.3 is 4.74 Å². The molecule has 2 heteroatoms. The molecule has 0 spiro atoms. The lowest BCUT2D eigenvalue weighted by molar-refractivity contribution is 0.413. The maximum Gasteiger partial charge on any atom is 0.134 e. The lowest BCUT2D eigenvalue weighted by Crippen LogP contribution is -1.85. The van der Waals surface area contributed by atoms with Crippen LogP contribution in [0.15, 0.2) is 60.7 Å². The molecule has 0 N–H and O–H groups in total. The second kappa shape index (κ2) is 8.01. The van der Waals surface area contributed by atoms with Crippen LogP contribution in [0.25, 0.3) is 0 Å². The van der Waals surface area contributed by atoms with E-state index in [4.69, 9.17) is 10.00 Å². The fraction of sp³-hybridized carbons (Fsp3) is 0.0500. The molecule has 22 heavy (non-hydrogen) atoms. The fourth-order valence-corrected chi connectivity index (χ4v) is 1.76. The molecule has 0 saturated heterocycles. The van der Waals surface area contributed by atoms with E-state index >= 15 is 0 Å². The summed E-state index contributed by atoms with van der Waals surface area (Å²) in [7, 11) is 1.62. The molecule has 2 aromatic carbocycles. The molecular formula is C20H13NO. The molecular weight excluding hydrogens is 270 g/mol. The van der Waals surface area contributed by atoms with Crippen LogP contribution in [0, 0.1) is 35.0 Å². The molecule has 0 fully saturated rings. The Bertz CT molecular complexity index is 849. The highest BCUT2D eigenvalue weighted by molar-refractivity contribution is 5.50. The summed E-state index contributed by atoms with van der Waals surface area (Å²) < 4.78 is 5.22. The summed E-state index contributed by atoms with van der Waals surface area (Å²) in [5.74, 6) is 12.5. The summed E-state index contributed by atoms with van der Waals surface area (Å²) in [6.45, 7) is 0. The Balaban J connectivity index is 2.08. The van der Waals surface area contributed by atoms with Gasteiger partial charge in [0.2, 0.25) is 0 Å². The summed E-state index contributed by atoms with van der Waals surface area (Å²) >= 11 is 0. The molecule has 0 aliphatic rings. The highest BCUT2D eigenvalue weighted by Gasteiger charge is 1.95. The average molecular weight is 283 g/mol. The van der Waals surface area contributed by atoms with E-state index in [0.717, 1.165) is 11.3 Å². The minimum atomic E-state index is 0.573. The van der Waals surface area contributed by atoms with Gasteiger partial charge in [0.15, 0.2) is 0 Å². The molecule has 0 amide bonds. The van der Waals surface area contributed by atoms with Crippen LogP contribution in [0.5, 0.6) is 5.75 Å². The number of ether oxygens (including phenoxy) is 1. The van der Waals surface area contributed by atoms with Gasteiger partial charge in [0, 0.05) is 5.56 Å². The second-order valence-corrected chi connectivity index (χ2v) is 4.23. The van der Waals surface area contributed by atoms with Crippen LogP contribution in [0.4, 0.5) is 0 Å². The number of rotatable bonds is 1. The predicted octanol–water partition coefficient (Wildman–Crippen LogP) is 3.53. The van der Waals surface area contributed by atoms with E-state index in [1.54, 1.807) is 25.3 Å². The molecule has 0 saturated carbocycles. The van der Waals surface area contributed by atoms with Gasteiger partial charge in [0.1, 0.15) is 11.8 Å². The van der Waals surface area contributed by atoms with Crippen molar-refractivity contribution in [1.29, 1.82) is 5.26 Å². The molecule has 0 aliphatic heterocycles. The van der Waals surface area contributed by atoms with Crippen LogP contribution in [0.2, 0.25) is 0 Å². The molecule has 2 aromatic rings. The van der Waals surface area contributed by atoms with E-state index in [2.05, 4.69) is 29.8 Å². The van der Waals surface area contributed by atoms with Gasteiger partial charge in [-0.2, -0.15) is 5.26 Å². The molecule has 2 rings (SSSR count). The zero-order valence-electron chi connectivity index (χ0n) is 12.1. The molecule has 0 atom stereocenters. The van der Waals surface area contributed by atoms with Crippen molar-refractivity contribution >= 4 is 0 Å². The van der Waals surface area contributed by atoms with Crippen molar-refractivity contribution in [3.8, 4) is 35.5 Å². The number of hydrogen-bond acceptors (Lipinski definition) is 2. The zero-order valence-corrected chi connectivity index (χ0v) is 12.1. The zero-order chi connectivity index (χ0) is 15.6. The normalized spacial score (nSPS) is 9.09. The molecule has 0 radical (unpaired) electrons. The monoisotopic (exact) mass is 283 g/mol. The first-order valence-electron chi connectivity index (χ1n) is 6.65. The van der Waals surface area contributed by atoms with Gasteiger partial charge in [-0.1, -0.05) is 47.9 Å². The van der Waals surface area contributed by atoms with Crippen molar-refractivity contribution in [1.82, 2.24) is 0 Å². The SMILES string of the molecule is COc1ccccc1C#C/C=C\C#Cc1ccccc1C#N. The summed E-state index contributed by atoms with van der Waals surface area (Å²) in [5, 5.41) is 8.96. The second-order valence-electron chi connectivity index (χ2n) is 4.23. The van der Waals surface area contributed by atoms with Gasteiger partial charge in [-0.15, -0.1) is 0 Å². The Morgan fingerprint density at radius 2 is 1.36 bits per heavy atom. The molecule has 0 aromatic heterocycles. The Hall–Kier alpha value is -3.41. The Morgan fingerprint density at radius 1 is 0.818 bits per heavy atom. The Kier molecular flexibility index (Phi) is 5.45. The van der Waals surface area contributed by atoms with Crippen LogP contribution in [0.1, 0.15) is 16.7 Å². The topological polar surface area (TPSA) is 33.0 Å². The number of benzene rings is 2. The first kappa shape index (κ1) is 15.0. The standard InChI is InChI=1S/C20H13NO/c1-22-20-15-9-8-13-18(20)12-5-3-2-4-10-17-11-6-7-14-19(17)16-21/h2-3,6-9,11,13-15H,1H3/b3-2-. The minimum Gasteiger partial charge on any atom is -0.495 e. The Morgan fingerprint density at radius 3 is 2.00 bits per heavy atom. The molecule has 104 valence electrons. The van der Waals surface area contributed by atoms with Crippen LogP contribution in [0.3, 0.4) is 0 Å². The molecule has 0 bridgehead atoms. The summed E-state index contributed by atoms with van der Waals surface area (Å²) in [6.07, 6.45) is 3.34. The van der Waals surface area contributed by atoms with E-state index in [0.29, 0.717) is 11.1 Å². The van der Waals surface area contributed by atoms with Gasteiger partial charge in [0.05, 0.1) is 18.2 Å². The van der Waals surface area contributed by atoms with Crippen molar-refractivity contribution in [3.05, 3.63) is 77.4 Å². The largest absolute Gasteiger partial charge is 0.495 e. The Labute approximate surface area is 130 Å². The number of methoxy groups -OCH3 is 1. The van der Waals surface area contributed by atoms with Gasteiger partial charge in [-0.25, -0.2) is 0 Å². The van der Waals surface area contributed by atoms with Crippen molar-refractivity contribution in [2.24, 2.45) is 0 Å². The summed E-state index contributed by atoms with van der Waals surface area (Å²) in [4.78, 5) is 0. The third-order valence-electron chi connectivity index (χ3n) is 2.82. The van der Waals surface area contributed by atoms with Crippen LogP contribution < -0.4 is 4.74 Å². The van der Waals surface area contributed by atoms with E-state index in [-0.39, 0.29) is 0 Å². The van der Waals surface area contributed by atoms with Gasteiger partial charge in [-0.3, -0.25) is 0 Å². The molecule has 0 heterocycles. The first-order chi connectivity index (χ1) is 10.8. The van der Waals surface area contributed by atoms with E-state index in [1.807, 2.05) is 42.5 Å². The van der Waals surface area contributed by atoms with Gasteiger partial charge in [-0.05, 0) is 36.4 Å². The van der Waals surface area contributed by atoms with Crippen LogP contribution >= 0.6 is 0 Å². The minimum absolute atomic E-state index is 0.573. The maximum atomic E-state index is 8.96. The van der Waals surface area contributed by atoms with E-state index < -0.39 is 0 Å². The number of para-hydroxylation sites is 1. The lowest BCUT2D eigenvalue weighted by Gasteiger charge is -2.00. The summed E-state index contributed by atoms with van der Waals surface area (Å²) in [5.41, 5.74) is 2.12. The molecule has 0 aliphatic carbocycles. The number of allylic oxidation sites excluding steroid dienone is 2.